The van der Waals surface area contributed by atoms with Gasteiger partial charge in [-0.3, -0.25) is 14.3 Å². The summed E-state index contributed by atoms with van der Waals surface area (Å²) in [4.78, 5) is 24.1. The first kappa shape index (κ1) is 17.9. The molecule has 0 saturated heterocycles. The van der Waals surface area contributed by atoms with Crippen LogP contribution in [0.25, 0.3) is 11.1 Å². The molecule has 0 saturated carbocycles. The van der Waals surface area contributed by atoms with Crippen molar-refractivity contribution < 1.29 is 14.3 Å². The number of amides is 1. The number of hydrogen-bond acceptors (Lipinski definition) is 6. The first-order valence-electron chi connectivity index (χ1n) is 9.04. The summed E-state index contributed by atoms with van der Waals surface area (Å²) in [5.74, 6) is 0.842. The molecule has 0 bridgehead atoms. The fourth-order valence-corrected chi connectivity index (χ4v) is 2.96. The predicted molar refractivity (Wildman–Crippen MR) is 101 cm³/mol. The van der Waals surface area contributed by atoms with Gasteiger partial charge in [0.25, 0.3) is 0 Å². The molecule has 2 aromatic heterocycles. The molecule has 9 heteroatoms. The fourth-order valence-electron chi connectivity index (χ4n) is 2.96. The van der Waals surface area contributed by atoms with E-state index in [0.717, 1.165) is 11.1 Å². The van der Waals surface area contributed by atoms with E-state index >= 15 is 0 Å². The maximum Gasteiger partial charge on any atom is 0.247 e. The van der Waals surface area contributed by atoms with Crippen molar-refractivity contribution in [3.8, 4) is 16.9 Å². The summed E-state index contributed by atoms with van der Waals surface area (Å²) in [6.07, 6.45) is 5.54. The lowest BCUT2D eigenvalue weighted by Gasteiger charge is -2.16. The summed E-state index contributed by atoms with van der Waals surface area (Å²) in [5, 5.41) is 14.8. The van der Waals surface area contributed by atoms with E-state index in [9.17, 15) is 9.59 Å². The highest BCUT2D eigenvalue weighted by Crippen LogP contribution is 2.30. The van der Waals surface area contributed by atoms with Gasteiger partial charge in [0.1, 0.15) is 12.3 Å². The lowest BCUT2D eigenvalue weighted by molar-refractivity contribution is -0.116. The summed E-state index contributed by atoms with van der Waals surface area (Å²) in [6.45, 7) is 4.41. The molecule has 3 aromatic rings. The first-order chi connectivity index (χ1) is 13.5. The largest absolute Gasteiger partial charge is 0.492 e. The van der Waals surface area contributed by atoms with E-state index in [2.05, 4.69) is 20.7 Å². The minimum Gasteiger partial charge on any atom is -0.492 e. The third-order valence-corrected chi connectivity index (χ3v) is 4.45. The van der Waals surface area contributed by atoms with Gasteiger partial charge >= 0.3 is 0 Å². The van der Waals surface area contributed by atoms with Gasteiger partial charge in [0.2, 0.25) is 5.91 Å². The number of fused-ring (bicyclic) bond motifs is 1. The maximum atomic E-state index is 12.2. The standard InChI is InChI=1S/C19H20N6O3/c1-12(2)25-10-18(22-23-25)21-19(27)11-24-9-14(8-20-24)13-3-4-15-16(26)5-6-28-17(15)7-13/h3-4,7-10,12H,5-6,11H2,1-2H3,(H,21,27). The van der Waals surface area contributed by atoms with Crippen LogP contribution in [0.15, 0.2) is 36.8 Å². The molecule has 0 fully saturated rings. The van der Waals surface area contributed by atoms with Crippen LogP contribution in [0.5, 0.6) is 5.75 Å². The van der Waals surface area contributed by atoms with Crippen LogP contribution in [-0.2, 0) is 11.3 Å². The average molecular weight is 380 g/mol. The zero-order chi connectivity index (χ0) is 19.7. The van der Waals surface area contributed by atoms with Crippen LogP contribution < -0.4 is 10.1 Å². The quantitative estimate of drug-likeness (QED) is 0.728. The number of nitrogens with zero attached hydrogens (tertiary/aromatic N) is 5. The van der Waals surface area contributed by atoms with Crippen LogP contribution in [0.2, 0.25) is 0 Å². The second kappa shape index (κ2) is 7.26. The molecular formula is C19H20N6O3. The van der Waals surface area contributed by atoms with E-state index in [4.69, 9.17) is 4.74 Å². The summed E-state index contributed by atoms with van der Waals surface area (Å²) >= 11 is 0. The van der Waals surface area contributed by atoms with Gasteiger partial charge in [-0.15, -0.1) is 5.10 Å². The van der Waals surface area contributed by atoms with Gasteiger partial charge < -0.3 is 10.1 Å². The van der Waals surface area contributed by atoms with Crippen LogP contribution >= 0.6 is 0 Å². The minimum atomic E-state index is -0.246. The summed E-state index contributed by atoms with van der Waals surface area (Å²) in [5.41, 5.74) is 2.32. The monoisotopic (exact) mass is 380 g/mol. The molecule has 1 aromatic carbocycles. The Morgan fingerprint density at radius 2 is 2.14 bits per heavy atom. The Labute approximate surface area is 161 Å². The topological polar surface area (TPSA) is 104 Å². The molecular weight excluding hydrogens is 360 g/mol. The van der Waals surface area contributed by atoms with Gasteiger partial charge in [0.15, 0.2) is 11.6 Å². The smallest absolute Gasteiger partial charge is 0.247 e. The van der Waals surface area contributed by atoms with Gasteiger partial charge in [-0.1, -0.05) is 11.3 Å². The van der Waals surface area contributed by atoms with Crippen LogP contribution in [-0.4, -0.2) is 43.1 Å². The van der Waals surface area contributed by atoms with E-state index in [1.807, 2.05) is 26.0 Å². The number of Topliss-reactive ketones (excluding diaryl/α,β-unsaturated/α-hetero) is 1. The Balaban J connectivity index is 1.44. The number of benzene rings is 1. The van der Waals surface area contributed by atoms with E-state index in [-0.39, 0.29) is 24.3 Å². The van der Waals surface area contributed by atoms with Gasteiger partial charge in [-0.25, -0.2) is 4.68 Å². The zero-order valence-corrected chi connectivity index (χ0v) is 15.6. The Hall–Kier alpha value is -3.49. The SMILES string of the molecule is CC(C)n1cc(NC(=O)Cn2cc(-c3ccc4c(c3)OCCC4=O)cn2)nn1. The third kappa shape index (κ3) is 3.64. The maximum absolute atomic E-state index is 12.2. The van der Waals surface area contributed by atoms with Gasteiger partial charge in [0, 0.05) is 24.2 Å². The Morgan fingerprint density at radius 1 is 1.29 bits per heavy atom. The molecule has 1 amide bonds. The lowest BCUT2D eigenvalue weighted by atomic mass is 10.0. The summed E-state index contributed by atoms with van der Waals surface area (Å²) in [6, 6.07) is 5.63. The molecule has 144 valence electrons. The highest BCUT2D eigenvalue weighted by atomic mass is 16.5. The molecule has 4 rings (SSSR count). The van der Waals surface area contributed by atoms with Gasteiger partial charge in [-0.2, -0.15) is 5.10 Å². The van der Waals surface area contributed by atoms with Crippen molar-refractivity contribution in [1.82, 2.24) is 24.8 Å². The summed E-state index contributed by atoms with van der Waals surface area (Å²) < 4.78 is 8.80. The highest BCUT2D eigenvalue weighted by Gasteiger charge is 2.19. The zero-order valence-electron chi connectivity index (χ0n) is 15.6. The minimum absolute atomic E-state index is 0.0501. The molecule has 0 atom stereocenters. The number of anilines is 1. The van der Waals surface area contributed by atoms with Crippen molar-refractivity contribution in [2.24, 2.45) is 0 Å². The molecule has 0 unspecified atom stereocenters. The number of nitrogens with one attached hydrogen (secondary N) is 1. The average Bonchev–Trinajstić information content (AvgIpc) is 3.31. The number of carbonyl (C=O) groups is 2. The molecule has 1 aliphatic heterocycles. The molecule has 1 aliphatic rings. The van der Waals surface area contributed by atoms with E-state index in [1.165, 1.54) is 0 Å². The fraction of sp³-hybridized carbons (Fsp3) is 0.316. The van der Waals surface area contributed by atoms with Crippen molar-refractivity contribution >= 4 is 17.5 Å². The first-order valence-corrected chi connectivity index (χ1v) is 9.04. The van der Waals surface area contributed by atoms with E-state index < -0.39 is 0 Å². The van der Waals surface area contributed by atoms with Crippen LogP contribution in [0.3, 0.4) is 0 Å². The second-order valence-corrected chi connectivity index (χ2v) is 6.88. The molecule has 9 nitrogen and oxygen atoms in total. The Morgan fingerprint density at radius 3 is 2.93 bits per heavy atom. The van der Waals surface area contributed by atoms with E-state index in [1.54, 1.807) is 34.0 Å². The summed E-state index contributed by atoms with van der Waals surface area (Å²) in [7, 11) is 0. The second-order valence-electron chi connectivity index (χ2n) is 6.88. The predicted octanol–water partition coefficient (Wildman–Crippen LogP) is 2.33. The van der Waals surface area contributed by atoms with E-state index in [0.29, 0.717) is 30.2 Å². The number of ketones is 1. The molecule has 3 heterocycles. The van der Waals surface area contributed by atoms with Crippen molar-refractivity contribution in [1.29, 1.82) is 0 Å². The van der Waals surface area contributed by atoms with Gasteiger partial charge in [0.05, 0.1) is 24.6 Å². The number of aromatic nitrogens is 5. The number of rotatable bonds is 5. The lowest BCUT2D eigenvalue weighted by Crippen LogP contribution is -2.19. The van der Waals surface area contributed by atoms with Crippen molar-refractivity contribution in [3.63, 3.8) is 0 Å². The highest BCUT2D eigenvalue weighted by molar-refractivity contribution is 6.00. The van der Waals surface area contributed by atoms with Crippen LogP contribution in [0.4, 0.5) is 5.82 Å². The van der Waals surface area contributed by atoms with Crippen LogP contribution in [0.1, 0.15) is 36.7 Å². The number of ether oxygens (including phenoxy) is 1. The normalized spacial score (nSPS) is 13.3. The van der Waals surface area contributed by atoms with Gasteiger partial charge in [-0.05, 0) is 31.5 Å². The molecule has 0 radical (unpaired) electrons. The third-order valence-electron chi connectivity index (χ3n) is 4.45. The van der Waals surface area contributed by atoms with Crippen LogP contribution in [0, 0.1) is 0 Å². The van der Waals surface area contributed by atoms with Crippen molar-refractivity contribution in [2.75, 3.05) is 11.9 Å². The molecule has 28 heavy (non-hydrogen) atoms. The Bertz CT molecular complexity index is 1040. The number of carbonyl (C=O) groups excluding carboxylic acids is 2. The Kier molecular flexibility index (Phi) is 4.64. The van der Waals surface area contributed by atoms with Crippen molar-refractivity contribution in [3.05, 3.63) is 42.4 Å². The molecule has 0 aliphatic carbocycles. The van der Waals surface area contributed by atoms with Crippen molar-refractivity contribution in [2.45, 2.75) is 32.9 Å². The molecule has 1 N–H and O–H groups in total. The number of hydrogen-bond donors (Lipinski definition) is 1. The molecule has 0 spiro atoms.